The van der Waals surface area contributed by atoms with Gasteiger partial charge in [0.25, 0.3) is 5.91 Å². The van der Waals surface area contributed by atoms with Crippen LogP contribution in [0.5, 0.6) is 0 Å². The van der Waals surface area contributed by atoms with Gasteiger partial charge in [-0.25, -0.2) is 4.98 Å². The Morgan fingerprint density at radius 2 is 2.40 bits per heavy atom. The van der Waals surface area contributed by atoms with Gasteiger partial charge in [-0.15, -0.1) is 0 Å². The van der Waals surface area contributed by atoms with Gasteiger partial charge in [0, 0.05) is 20.1 Å². The molecule has 1 aliphatic rings. The minimum Gasteiger partial charge on any atom is -0.382 e. The van der Waals surface area contributed by atoms with Crippen LogP contribution in [0.4, 0.5) is 10.9 Å². The van der Waals surface area contributed by atoms with Gasteiger partial charge in [-0.1, -0.05) is 23.0 Å². The third-order valence-electron chi connectivity index (χ3n) is 3.52. The van der Waals surface area contributed by atoms with E-state index in [1.165, 1.54) is 36.2 Å². The van der Waals surface area contributed by atoms with Crippen molar-refractivity contribution in [2.24, 2.45) is 0 Å². The minimum absolute atomic E-state index is 0.116. The van der Waals surface area contributed by atoms with Crippen molar-refractivity contribution in [2.45, 2.75) is 32.6 Å². The highest BCUT2D eigenvalue weighted by Crippen LogP contribution is 2.27. The summed E-state index contributed by atoms with van der Waals surface area (Å²) >= 11 is 1.35. The van der Waals surface area contributed by atoms with Gasteiger partial charge in [0.05, 0.1) is 0 Å². The van der Waals surface area contributed by atoms with E-state index < -0.39 is 0 Å². The minimum atomic E-state index is -0.116. The van der Waals surface area contributed by atoms with Crippen LogP contribution in [-0.4, -0.2) is 31.0 Å². The maximum atomic E-state index is 12.1. The SMILES string of the molecule is CCN(C)c1nc(N)c(C(=O)NCCC2=CCCC2)s1. The van der Waals surface area contributed by atoms with Crippen LogP contribution in [0.2, 0.25) is 0 Å². The summed E-state index contributed by atoms with van der Waals surface area (Å²) in [5.74, 6) is 0.206. The van der Waals surface area contributed by atoms with Gasteiger partial charge in [0.2, 0.25) is 0 Å². The first-order valence-corrected chi connectivity index (χ1v) is 7.87. The number of hydrogen-bond donors (Lipinski definition) is 2. The zero-order chi connectivity index (χ0) is 14.5. The van der Waals surface area contributed by atoms with Crippen LogP contribution in [0.3, 0.4) is 0 Å². The summed E-state index contributed by atoms with van der Waals surface area (Å²) < 4.78 is 0. The molecule has 0 saturated carbocycles. The molecule has 20 heavy (non-hydrogen) atoms. The first kappa shape index (κ1) is 14.8. The number of amides is 1. The Bertz CT molecular complexity index is 509. The van der Waals surface area contributed by atoms with Crippen molar-refractivity contribution in [3.05, 3.63) is 16.5 Å². The van der Waals surface area contributed by atoms with Crippen molar-refractivity contribution in [3.63, 3.8) is 0 Å². The second-order valence-corrected chi connectivity index (χ2v) is 5.96. The molecule has 0 bridgehead atoms. The number of nitrogens with zero attached hydrogens (tertiary/aromatic N) is 2. The van der Waals surface area contributed by atoms with Crippen LogP contribution >= 0.6 is 11.3 Å². The molecule has 1 aromatic heterocycles. The van der Waals surface area contributed by atoms with Gasteiger partial charge < -0.3 is 16.0 Å². The highest BCUT2D eigenvalue weighted by atomic mass is 32.1. The normalized spacial score (nSPS) is 14.2. The molecule has 0 unspecified atom stereocenters. The van der Waals surface area contributed by atoms with E-state index >= 15 is 0 Å². The van der Waals surface area contributed by atoms with Crippen LogP contribution in [0.15, 0.2) is 11.6 Å². The van der Waals surface area contributed by atoms with Crippen molar-refractivity contribution < 1.29 is 4.79 Å². The van der Waals surface area contributed by atoms with Crippen molar-refractivity contribution in [1.82, 2.24) is 10.3 Å². The number of anilines is 2. The number of hydrogen-bond acceptors (Lipinski definition) is 5. The second kappa shape index (κ2) is 6.74. The van der Waals surface area contributed by atoms with E-state index in [9.17, 15) is 4.79 Å². The number of nitrogen functional groups attached to an aromatic ring is 1. The summed E-state index contributed by atoms with van der Waals surface area (Å²) in [4.78, 5) is 18.8. The first-order chi connectivity index (χ1) is 9.61. The van der Waals surface area contributed by atoms with Gasteiger partial charge in [-0.05, 0) is 32.6 Å². The molecule has 0 spiro atoms. The lowest BCUT2D eigenvalue weighted by atomic mass is 10.2. The molecule has 0 aromatic carbocycles. The maximum Gasteiger partial charge on any atom is 0.265 e. The number of carbonyl (C=O) groups is 1. The molecule has 6 heteroatoms. The Labute approximate surface area is 123 Å². The zero-order valence-corrected chi connectivity index (χ0v) is 12.9. The lowest BCUT2D eigenvalue weighted by molar-refractivity contribution is 0.0959. The van der Waals surface area contributed by atoms with Gasteiger partial charge in [-0.2, -0.15) is 0 Å². The van der Waals surface area contributed by atoms with Crippen molar-refractivity contribution >= 4 is 28.2 Å². The number of thiazole rings is 1. The Morgan fingerprint density at radius 1 is 1.60 bits per heavy atom. The molecule has 1 heterocycles. The number of carbonyl (C=O) groups excluding carboxylic acids is 1. The summed E-state index contributed by atoms with van der Waals surface area (Å²) in [5, 5.41) is 3.71. The summed E-state index contributed by atoms with van der Waals surface area (Å²) in [6.45, 7) is 3.54. The molecule has 5 nitrogen and oxygen atoms in total. The summed E-state index contributed by atoms with van der Waals surface area (Å²) in [7, 11) is 1.94. The average molecular weight is 294 g/mol. The van der Waals surface area contributed by atoms with Crippen LogP contribution in [0.1, 0.15) is 42.3 Å². The lowest BCUT2D eigenvalue weighted by Gasteiger charge is -2.10. The van der Waals surface area contributed by atoms with E-state index in [1.807, 2.05) is 18.9 Å². The van der Waals surface area contributed by atoms with Crippen LogP contribution in [0, 0.1) is 0 Å². The monoisotopic (exact) mass is 294 g/mol. The van der Waals surface area contributed by atoms with Crippen LogP contribution in [-0.2, 0) is 0 Å². The third kappa shape index (κ3) is 3.50. The van der Waals surface area contributed by atoms with E-state index in [0.29, 0.717) is 17.2 Å². The fraction of sp³-hybridized carbons (Fsp3) is 0.571. The van der Waals surface area contributed by atoms with Gasteiger partial charge in [0.1, 0.15) is 10.7 Å². The third-order valence-corrected chi connectivity index (χ3v) is 4.70. The summed E-state index contributed by atoms with van der Waals surface area (Å²) in [6.07, 6.45) is 6.81. The maximum absolute atomic E-state index is 12.1. The molecule has 2 rings (SSSR count). The lowest BCUT2D eigenvalue weighted by Crippen LogP contribution is -2.24. The van der Waals surface area contributed by atoms with Gasteiger partial charge in [0.15, 0.2) is 5.13 Å². The molecule has 1 amide bonds. The number of nitrogens with two attached hydrogens (primary N) is 1. The average Bonchev–Trinajstić information content (AvgIpc) is 3.07. The van der Waals surface area contributed by atoms with Gasteiger partial charge >= 0.3 is 0 Å². The molecular formula is C14H22N4OS. The van der Waals surface area contributed by atoms with Gasteiger partial charge in [-0.3, -0.25) is 4.79 Å². The fourth-order valence-corrected chi connectivity index (χ4v) is 3.09. The highest BCUT2D eigenvalue weighted by molar-refractivity contribution is 7.18. The zero-order valence-electron chi connectivity index (χ0n) is 12.1. The topological polar surface area (TPSA) is 71.2 Å². The van der Waals surface area contributed by atoms with Crippen molar-refractivity contribution in [1.29, 1.82) is 0 Å². The van der Waals surface area contributed by atoms with E-state index in [4.69, 9.17) is 5.73 Å². The smallest absolute Gasteiger partial charge is 0.265 e. The molecule has 0 aliphatic heterocycles. The highest BCUT2D eigenvalue weighted by Gasteiger charge is 2.17. The Kier molecular flexibility index (Phi) is 5.00. The van der Waals surface area contributed by atoms with Crippen molar-refractivity contribution in [2.75, 3.05) is 30.8 Å². The predicted octanol–water partition coefficient (Wildman–Crippen LogP) is 2.41. The molecule has 1 aromatic rings. The second-order valence-electron chi connectivity index (χ2n) is 4.99. The van der Waals surface area contributed by atoms with E-state index in [1.54, 1.807) is 0 Å². The van der Waals surface area contributed by atoms with E-state index in [-0.39, 0.29) is 5.91 Å². The molecule has 110 valence electrons. The quantitative estimate of drug-likeness (QED) is 0.790. The number of aromatic nitrogens is 1. The Balaban J connectivity index is 1.90. The van der Waals surface area contributed by atoms with Crippen molar-refractivity contribution in [3.8, 4) is 0 Å². The molecular weight excluding hydrogens is 272 g/mol. The molecule has 0 saturated heterocycles. The van der Waals surface area contributed by atoms with E-state index in [2.05, 4.69) is 16.4 Å². The summed E-state index contributed by atoms with van der Waals surface area (Å²) in [5.41, 5.74) is 7.28. The van der Waals surface area contributed by atoms with Crippen LogP contribution in [0.25, 0.3) is 0 Å². The molecule has 3 N–H and O–H groups in total. The Morgan fingerprint density at radius 3 is 3.05 bits per heavy atom. The van der Waals surface area contributed by atoms with E-state index in [0.717, 1.165) is 18.1 Å². The fourth-order valence-electron chi connectivity index (χ4n) is 2.16. The number of allylic oxidation sites excluding steroid dienone is 1. The largest absolute Gasteiger partial charge is 0.382 e. The molecule has 0 radical (unpaired) electrons. The van der Waals surface area contributed by atoms with Crippen LogP contribution < -0.4 is 16.0 Å². The molecule has 1 aliphatic carbocycles. The standard InChI is InChI=1S/C14H22N4OS/c1-3-18(2)14-17-12(15)11(20-14)13(19)16-9-8-10-6-4-5-7-10/h6H,3-5,7-9,15H2,1-2H3,(H,16,19). The summed E-state index contributed by atoms with van der Waals surface area (Å²) in [6, 6.07) is 0. The molecule has 0 atom stereocenters. The predicted molar refractivity (Wildman–Crippen MR) is 84.4 cm³/mol. The number of nitrogens with one attached hydrogen (secondary N) is 1. The Hall–Kier alpha value is -1.56. The first-order valence-electron chi connectivity index (χ1n) is 7.05. The molecule has 0 fully saturated rings. The number of rotatable bonds is 6.